The lowest BCUT2D eigenvalue weighted by molar-refractivity contribution is -0.157. The maximum absolute atomic E-state index is 10.6. The molecule has 0 amide bonds. The quantitative estimate of drug-likeness (QED) is 0.229. The lowest BCUT2D eigenvalue weighted by atomic mass is 10.5. The zero-order valence-electron chi connectivity index (χ0n) is 5.20. The van der Waals surface area contributed by atoms with E-state index in [2.05, 4.69) is 16.1 Å². The van der Waals surface area contributed by atoms with Crippen LogP contribution in [-0.4, -0.2) is 24.6 Å². The molecule has 1 aliphatic heterocycles. The van der Waals surface area contributed by atoms with Crippen molar-refractivity contribution >= 4 is 11.9 Å². The van der Waals surface area contributed by atoms with Gasteiger partial charge in [0, 0.05) is 6.08 Å². The molecule has 1 saturated heterocycles. The zero-order valence-corrected chi connectivity index (χ0v) is 5.20. The van der Waals surface area contributed by atoms with Crippen molar-refractivity contribution in [3.63, 3.8) is 0 Å². The fraction of sp³-hybridized carbons (Fsp3) is 0.333. The minimum Gasteiger partial charge on any atom is -0.388 e. The second kappa shape index (κ2) is 2.62. The standard InChI is InChI=1S/C6H6O4/c1-2-5(7)10-6(8)4-3-9-4/h2,4H,1,3H2. The summed E-state index contributed by atoms with van der Waals surface area (Å²) in [4.78, 5) is 20.9. The summed E-state index contributed by atoms with van der Waals surface area (Å²) >= 11 is 0. The van der Waals surface area contributed by atoms with Crippen LogP contribution in [0.3, 0.4) is 0 Å². The minimum atomic E-state index is -0.736. The topological polar surface area (TPSA) is 55.9 Å². The summed E-state index contributed by atoms with van der Waals surface area (Å²) in [5.74, 6) is -1.37. The fourth-order valence-corrected chi connectivity index (χ4v) is 0.391. The molecule has 0 aromatic rings. The third-order valence-electron chi connectivity index (χ3n) is 0.964. The summed E-state index contributed by atoms with van der Waals surface area (Å²) in [7, 11) is 0. The number of hydrogen-bond acceptors (Lipinski definition) is 4. The lowest BCUT2D eigenvalue weighted by Gasteiger charge is -1.92. The maximum atomic E-state index is 10.6. The van der Waals surface area contributed by atoms with Crippen molar-refractivity contribution in [3.05, 3.63) is 12.7 Å². The number of hydrogen-bond donors (Lipinski definition) is 0. The van der Waals surface area contributed by atoms with Gasteiger partial charge in [-0.2, -0.15) is 0 Å². The molecule has 0 bridgehead atoms. The number of esters is 2. The first kappa shape index (κ1) is 6.95. The van der Waals surface area contributed by atoms with Crippen molar-refractivity contribution in [3.8, 4) is 0 Å². The van der Waals surface area contributed by atoms with Crippen LogP contribution in [0.4, 0.5) is 0 Å². The Bertz CT molecular complexity index is 180. The molecule has 0 aliphatic carbocycles. The van der Waals surface area contributed by atoms with Gasteiger partial charge in [0.05, 0.1) is 6.61 Å². The molecule has 0 aromatic heterocycles. The third kappa shape index (κ3) is 1.66. The van der Waals surface area contributed by atoms with Crippen LogP contribution in [0, 0.1) is 0 Å². The molecule has 1 fully saturated rings. The molecule has 1 atom stereocenters. The molecule has 1 unspecified atom stereocenters. The van der Waals surface area contributed by atoms with E-state index < -0.39 is 18.0 Å². The van der Waals surface area contributed by atoms with Crippen molar-refractivity contribution < 1.29 is 19.1 Å². The van der Waals surface area contributed by atoms with Gasteiger partial charge in [-0.3, -0.25) is 0 Å². The highest BCUT2D eigenvalue weighted by Crippen LogP contribution is 2.10. The molecule has 1 aliphatic rings. The molecule has 4 nitrogen and oxygen atoms in total. The average molecular weight is 142 g/mol. The molecule has 0 spiro atoms. The van der Waals surface area contributed by atoms with Gasteiger partial charge in [-0.1, -0.05) is 6.58 Å². The van der Waals surface area contributed by atoms with Crippen LogP contribution in [-0.2, 0) is 19.1 Å². The van der Waals surface area contributed by atoms with Crippen molar-refractivity contribution in [1.82, 2.24) is 0 Å². The molecule has 0 N–H and O–H groups in total. The highest BCUT2D eigenvalue weighted by Gasteiger charge is 2.33. The Labute approximate surface area is 57.4 Å². The summed E-state index contributed by atoms with van der Waals surface area (Å²) in [6.07, 6.45) is 0.407. The Morgan fingerprint density at radius 1 is 1.70 bits per heavy atom. The number of carbonyl (C=O) groups is 2. The molecule has 0 aromatic carbocycles. The second-order valence-electron chi connectivity index (χ2n) is 1.77. The Kier molecular flexibility index (Phi) is 1.82. The van der Waals surface area contributed by atoms with Crippen LogP contribution in [0.1, 0.15) is 0 Å². The molecule has 1 heterocycles. The predicted octanol–water partition coefficient (Wildman–Crippen LogP) is -0.359. The Hall–Kier alpha value is -1.16. The molecular weight excluding hydrogens is 136 g/mol. The van der Waals surface area contributed by atoms with Crippen LogP contribution >= 0.6 is 0 Å². The van der Waals surface area contributed by atoms with Gasteiger partial charge in [-0.15, -0.1) is 0 Å². The molecule has 0 saturated carbocycles. The van der Waals surface area contributed by atoms with Crippen LogP contribution in [0.2, 0.25) is 0 Å². The number of ether oxygens (including phenoxy) is 2. The monoisotopic (exact) mass is 142 g/mol. The van der Waals surface area contributed by atoms with Gasteiger partial charge in [-0.05, 0) is 0 Å². The first-order valence-electron chi connectivity index (χ1n) is 2.73. The van der Waals surface area contributed by atoms with E-state index in [-0.39, 0.29) is 0 Å². The largest absolute Gasteiger partial charge is 0.388 e. The first-order valence-corrected chi connectivity index (χ1v) is 2.73. The highest BCUT2D eigenvalue weighted by atomic mass is 16.6. The number of rotatable bonds is 2. The molecular formula is C6H6O4. The number of carbonyl (C=O) groups excluding carboxylic acids is 2. The molecule has 54 valence electrons. The Morgan fingerprint density at radius 2 is 2.30 bits per heavy atom. The van der Waals surface area contributed by atoms with E-state index in [1.54, 1.807) is 0 Å². The van der Waals surface area contributed by atoms with Gasteiger partial charge >= 0.3 is 11.9 Å². The number of epoxide rings is 1. The van der Waals surface area contributed by atoms with Crippen LogP contribution in [0.15, 0.2) is 12.7 Å². The maximum Gasteiger partial charge on any atom is 0.345 e. The van der Waals surface area contributed by atoms with Crippen LogP contribution in [0.25, 0.3) is 0 Å². The van der Waals surface area contributed by atoms with Crippen molar-refractivity contribution in [2.75, 3.05) is 6.61 Å². The van der Waals surface area contributed by atoms with Crippen molar-refractivity contribution in [2.24, 2.45) is 0 Å². The Balaban J connectivity index is 2.29. The first-order chi connectivity index (χ1) is 4.74. The van der Waals surface area contributed by atoms with E-state index >= 15 is 0 Å². The van der Waals surface area contributed by atoms with Crippen LogP contribution < -0.4 is 0 Å². The molecule has 0 radical (unpaired) electrons. The Morgan fingerprint density at radius 3 is 2.70 bits per heavy atom. The van der Waals surface area contributed by atoms with Crippen molar-refractivity contribution in [1.29, 1.82) is 0 Å². The normalized spacial score (nSPS) is 21.4. The van der Waals surface area contributed by atoms with Crippen LogP contribution in [0.5, 0.6) is 0 Å². The van der Waals surface area contributed by atoms with E-state index in [4.69, 9.17) is 0 Å². The molecule has 1 rings (SSSR count). The SMILES string of the molecule is C=CC(=O)OC(=O)C1CO1. The van der Waals surface area contributed by atoms with Gasteiger partial charge < -0.3 is 9.47 Å². The highest BCUT2D eigenvalue weighted by molar-refractivity contribution is 5.93. The summed E-state index contributed by atoms with van der Waals surface area (Å²) in [6, 6.07) is 0. The van der Waals surface area contributed by atoms with Gasteiger partial charge in [0.1, 0.15) is 0 Å². The van der Waals surface area contributed by atoms with E-state index in [1.165, 1.54) is 0 Å². The van der Waals surface area contributed by atoms with Gasteiger partial charge in [0.2, 0.25) is 0 Å². The summed E-state index contributed by atoms with van der Waals surface area (Å²) in [5.41, 5.74) is 0. The minimum absolute atomic E-state index is 0.350. The van der Waals surface area contributed by atoms with E-state index in [9.17, 15) is 9.59 Å². The van der Waals surface area contributed by atoms with Gasteiger partial charge in [0.25, 0.3) is 0 Å². The van der Waals surface area contributed by atoms with Gasteiger partial charge in [-0.25, -0.2) is 9.59 Å². The average Bonchev–Trinajstić information content (AvgIpc) is 2.68. The predicted molar refractivity (Wildman–Crippen MR) is 31.0 cm³/mol. The zero-order chi connectivity index (χ0) is 7.56. The van der Waals surface area contributed by atoms with E-state index in [1.807, 2.05) is 0 Å². The summed E-state index contributed by atoms with van der Waals surface area (Å²) in [6.45, 7) is 3.48. The van der Waals surface area contributed by atoms with E-state index in [0.717, 1.165) is 6.08 Å². The van der Waals surface area contributed by atoms with Gasteiger partial charge in [0.15, 0.2) is 6.10 Å². The third-order valence-corrected chi connectivity index (χ3v) is 0.964. The van der Waals surface area contributed by atoms with E-state index in [0.29, 0.717) is 6.61 Å². The van der Waals surface area contributed by atoms with Crippen molar-refractivity contribution in [2.45, 2.75) is 6.10 Å². The fourth-order valence-electron chi connectivity index (χ4n) is 0.391. The molecule has 10 heavy (non-hydrogen) atoms. The lowest BCUT2D eigenvalue weighted by Crippen LogP contribution is -2.15. The molecule has 4 heteroatoms. The second-order valence-corrected chi connectivity index (χ2v) is 1.77. The summed E-state index contributed by atoms with van der Waals surface area (Å²) in [5, 5.41) is 0. The smallest absolute Gasteiger partial charge is 0.345 e. The summed E-state index contributed by atoms with van der Waals surface area (Å²) < 4.78 is 8.76.